The van der Waals surface area contributed by atoms with Gasteiger partial charge >= 0.3 is 0 Å². The summed E-state index contributed by atoms with van der Waals surface area (Å²) in [7, 11) is 1.64. The number of allylic oxidation sites excluding steroid dienone is 2. The number of hydrogen-bond donors (Lipinski definition) is 1. The first-order chi connectivity index (χ1) is 13.3. The first-order valence-corrected chi connectivity index (χ1v) is 9.34. The van der Waals surface area contributed by atoms with Gasteiger partial charge in [0.25, 0.3) is 5.91 Å². The summed E-state index contributed by atoms with van der Waals surface area (Å²) in [5, 5.41) is 4.92. The Balaban J connectivity index is 1.52. The molecule has 5 heteroatoms. The number of rotatable bonds is 4. The fraction of sp³-hybridized carbons (Fsp3) is 0.318. The zero-order valence-electron chi connectivity index (χ0n) is 15.5. The molecule has 1 amide bonds. The highest BCUT2D eigenvalue weighted by molar-refractivity contribution is 6.09. The summed E-state index contributed by atoms with van der Waals surface area (Å²) in [5.74, 6) is 0.676. The van der Waals surface area contributed by atoms with Crippen molar-refractivity contribution < 1.29 is 14.3 Å². The molecular formula is C22H24N2O3. The summed E-state index contributed by atoms with van der Waals surface area (Å²) in [5.41, 5.74) is 1.56. The monoisotopic (exact) mass is 364 g/mol. The number of hydrogen-bond acceptors (Lipinski definition) is 4. The lowest BCUT2D eigenvalue weighted by Gasteiger charge is -2.35. The second-order valence-corrected chi connectivity index (χ2v) is 6.86. The third-order valence-corrected chi connectivity index (χ3v) is 5.21. The smallest absolute Gasteiger partial charge is 0.256 e. The number of nitrogens with one attached hydrogen (secondary N) is 1. The van der Waals surface area contributed by atoms with Crippen LogP contribution >= 0.6 is 0 Å². The molecule has 140 valence electrons. The Bertz CT molecular complexity index is 898. The van der Waals surface area contributed by atoms with Crippen LogP contribution in [0.2, 0.25) is 0 Å². The highest BCUT2D eigenvalue weighted by Gasteiger charge is 2.22. The number of ether oxygens (including phenoxy) is 2. The second kappa shape index (κ2) is 7.84. The van der Waals surface area contributed by atoms with Crippen molar-refractivity contribution in [1.29, 1.82) is 0 Å². The largest absolute Gasteiger partial charge is 0.496 e. The molecule has 2 aliphatic rings. The Morgan fingerprint density at radius 3 is 2.70 bits per heavy atom. The van der Waals surface area contributed by atoms with E-state index < -0.39 is 0 Å². The van der Waals surface area contributed by atoms with Gasteiger partial charge in [-0.2, -0.15) is 0 Å². The average Bonchev–Trinajstić information content (AvgIpc) is 2.73. The summed E-state index contributed by atoms with van der Waals surface area (Å²) >= 11 is 0. The van der Waals surface area contributed by atoms with Gasteiger partial charge in [-0.25, -0.2) is 0 Å². The molecule has 0 atom stereocenters. The van der Waals surface area contributed by atoms with E-state index in [-0.39, 0.29) is 5.91 Å². The summed E-state index contributed by atoms with van der Waals surface area (Å²) in [4.78, 5) is 15.2. The molecule has 2 aromatic carbocycles. The number of carbonyl (C=O) groups is 1. The van der Waals surface area contributed by atoms with Crippen LogP contribution in [0.5, 0.6) is 5.75 Å². The highest BCUT2D eigenvalue weighted by atomic mass is 16.5. The summed E-state index contributed by atoms with van der Waals surface area (Å²) in [6.45, 7) is 2.32. The molecule has 0 saturated carbocycles. The normalized spacial score (nSPS) is 17.7. The molecule has 0 aliphatic carbocycles. The van der Waals surface area contributed by atoms with Gasteiger partial charge in [0, 0.05) is 35.9 Å². The summed E-state index contributed by atoms with van der Waals surface area (Å²) < 4.78 is 10.9. The fourth-order valence-electron chi connectivity index (χ4n) is 3.78. The van der Waals surface area contributed by atoms with E-state index in [9.17, 15) is 4.79 Å². The van der Waals surface area contributed by atoms with Gasteiger partial charge < -0.3 is 19.7 Å². The van der Waals surface area contributed by atoms with E-state index in [1.54, 1.807) is 7.11 Å². The highest BCUT2D eigenvalue weighted by Crippen LogP contribution is 2.28. The van der Waals surface area contributed by atoms with E-state index in [2.05, 4.69) is 16.4 Å². The van der Waals surface area contributed by atoms with E-state index in [1.807, 2.05) is 48.6 Å². The van der Waals surface area contributed by atoms with Gasteiger partial charge in [0.15, 0.2) is 0 Å². The van der Waals surface area contributed by atoms with E-state index in [1.165, 1.54) is 0 Å². The average molecular weight is 364 g/mol. The SMILES string of the molecule is COc1ccc(C(=O)NC2=CC=CN(C3CCOCC3)C2)c2ccccc12. The lowest BCUT2D eigenvalue weighted by atomic mass is 10.0. The molecule has 2 aliphatic heterocycles. The van der Waals surface area contributed by atoms with Crippen molar-refractivity contribution >= 4 is 16.7 Å². The van der Waals surface area contributed by atoms with Crippen LogP contribution in [0.1, 0.15) is 23.2 Å². The molecule has 0 aromatic heterocycles. The maximum Gasteiger partial charge on any atom is 0.256 e. The van der Waals surface area contributed by atoms with Gasteiger partial charge in [-0.3, -0.25) is 4.79 Å². The molecular weight excluding hydrogens is 340 g/mol. The lowest BCUT2D eigenvalue weighted by molar-refractivity contribution is 0.0509. The maximum atomic E-state index is 13.0. The topological polar surface area (TPSA) is 50.8 Å². The van der Waals surface area contributed by atoms with Crippen LogP contribution in [-0.2, 0) is 4.74 Å². The van der Waals surface area contributed by atoms with Crippen molar-refractivity contribution in [1.82, 2.24) is 10.2 Å². The van der Waals surface area contributed by atoms with Crippen molar-refractivity contribution in [2.75, 3.05) is 26.9 Å². The van der Waals surface area contributed by atoms with E-state index in [0.717, 1.165) is 48.3 Å². The molecule has 1 fully saturated rings. The van der Waals surface area contributed by atoms with E-state index in [4.69, 9.17) is 9.47 Å². The van der Waals surface area contributed by atoms with Gasteiger partial charge in [0.1, 0.15) is 5.75 Å². The second-order valence-electron chi connectivity index (χ2n) is 6.86. The Labute approximate surface area is 159 Å². The number of fused-ring (bicyclic) bond motifs is 1. The van der Waals surface area contributed by atoms with Crippen molar-refractivity contribution in [3.05, 3.63) is 66.0 Å². The fourth-order valence-corrected chi connectivity index (χ4v) is 3.78. The Morgan fingerprint density at radius 2 is 1.93 bits per heavy atom. The Kier molecular flexibility index (Phi) is 5.12. The zero-order valence-corrected chi connectivity index (χ0v) is 15.5. The molecule has 27 heavy (non-hydrogen) atoms. The van der Waals surface area contributed by atoms with Crippen LogP contribution in [-0.4, -0.2) is 43.7 Å². The maximum absolute atomic E-state index is 13.0. The van der Waals surface area contributed by atoms with Crippen LogP contribution in [0.3, 0.4) is 0 Å². The Morgan fingerprint density at radius 1 is 1.15 bits per heavy atom. The number of carbonyl (C=O) groups excluding carboxylic acids is 1. The van der Waals surface area contributed by atoms with E-state index in [0.29, 0.717) is 18.2 Å². The molecule has 2 aromatic rings. The summed E-state index contributed by atoms with van der Waals surface area (Å²) in [6, 6.07) is 12.0. The van der Waals surface area contributed by atoms with Gasteiger partial charge in [0.05, 0.1) is 13.7 Å². The first kappa shape index (κ1) is 17.6. The molecule has 0 bridgehead atoms. The lowest BCUT2D eigenvalue weighted by Crippen LogP contribution is -2.40. The number of nitrogens with zero attached hydrogens (tertiary/aromatic N) is 1. The predicted molar refractivity (Wildman–Crippen MR) is 106 cm³/mol. The predicted octanol–water partition coefficient (Wildman–Crippen LogP) is 3.47. The number of benzene rings is 2. The van der Waals surface area contributed by atoms with Crippen molar-refractivity contribution in [3.63, 3.8) is 0 Å². The Hall–Kier alpha value is -2.79. The standard InChI is InChI=1S/C22H24N2O3/c1-26-21-9-8-20(18-6-2-3-7-19(18)21)22(25)23-16-5-4-12-24(15-16)17-10-13-27-14-11-17/h2-9,12,17H,10-11,13-15H2,1H3,(H,23,25). The van der Waals surface area contributed by atoms with Crippen molar-refractivity contribution in [2.24, 2.45) is 0 Å². The van der Waals surface area contributed by atoms with Crippen LogP contribution in [0.4, 0.5) is 0 Å². The van der Waals surface area contributed by atoms with E-state index >= 15 is 0 Å². The third-order valence-electron chi connectivity index (χ3n) is 5.21. The van der Waals surface area contributed by atoms with Gasteiger partial charge in [-0.1, -0.05) is 24.3 Å². The quantitative estimate of drug-likeness (QED) is 0.903. The molecule has 4 rings (SSSR count). The minimum Gasteiger partial charge on any atom is -0.496 e. The molecule has 0 spiro atoms. The molecule has 0 unspecified atom stereocenters. The van der Waals surface area contributed by atoms with Crippen LogP contribution in [0, 0.1) is 0 Å². The molecule has 5 nitrogen and oxygen atoms in total. The van der Waals surface area contributed by atoms with Crippen molar-refractivity contribution in [2.45, 2.75) is 18.9 Å². The van der Waals surface area contributed by atoms with Gasteiger partial charge in [0.2, 0.25) is 0 Å². The minimum absolute atomic E-state index is 0.0951. The molecule has 2 heterocycles. The summed E-state index contributed by atoms with van der Waals surface area (Å²) in [6.07, 6.45) is 8.12. The van der Waals surface area contributed by atoms with Crippen LogP contribution < -0.4 is 10.1 Å². The first-order valence-electron chi connectivity index (χ1n) is 9.34. The zero-order chi connectivity index (χ0) is 18.6. The molecule has 1 N–H and O–H groups in total. The van der Waals surface area contributed by atoms with Crippen LogP contribution in [0.15, 0.2) is 60.4 Å². The number of methoxy groups -OCH3 is 1. The molecule has 1 saturated heterocycles. The third kappa shape index (κ3) is 3.69. The van der Waals surface area contributed by atoms with Crippen LogP contribution in [0.25, 0.3) is 10.8 Å². The van der Waals surface area contributed by atoms with Gasteiger partial charge in [-0.15, -0.1) is 0 Å². The van der Waals surface area contributed by atoms with Gasteiger partial charge in [-0.05, 0) is 48.7 Å². The van der Waals surface area contributed by atoms with Crippen molar-refractivity contribution in [3.8, 4) is 5.75 Å². The number of amides is 1. The molecule has 0 radical (unpaired) electrons. The minimum atomic E-state index is -0.0951.